The van der Waals surface area contributed by atoms with E-state index in [1.165, 1.54) is 18.2 Å². The summed E-state index contributed by atoms with van der Waals surface area (Å²) in [5, 5.41) is 11.5. The van der Waals surface area contributed by atoms with Crippen LogP contribution in [0.5, 0.6) is 5.75 Å². The third-order valence-electron chi connectivity index (χ3n) is 7.84. The maximum Gasteiger partial charge on any atom is 0.162 e. The summed E-state index contributed by atoms with van der Waals surface area (Å²) < 4.78 is 19.5. The Hall–Kier alpha value is -3.50. The third kappa shape index (κ3) is 5.49. The van der Waals surface area contributed by atoms with Crippen molar-refractivity contribution >= 4 is 46.3 Å². The molecule has 0 amide bonds. The Morgan fingerprint density at radius 3 is 2.45 bits per heavy atom. The first kappa shape index (κ1) is 30.0. The molecule has 2 aliphatic rings. The summed E-state index contributed by atoms with van der Waals surface area (Å²) in [6.45, 7) is 8.14. The number of allylic oxidation sites excluding steroid dienone is 3. The number of benzene rings is 3. The highest BCUT2D eigenvalue weighted by Crippen LogP contribution is 2.51. The second-order valence-electron chi connectivity index (χ2n) is 11.6. The third-order valence-corrected chi connectivity index (χ3v) is 8.68. The molecule has 1 unspecified atom stereocenters. The van der Waals surface area contributed by atoms with Crippen LogP contribution < -0.4 is 15.4 Å². The van der Waals surface area contributed by atoms with Crippen LogP contribution in [0.25, 0.3) is 0 Å². The molecule has 1 aliphatic carbocycles. The number of hydrogen-bond acceptors (Lipinski definition) is 5. The van der Waals surface area contributed by atoms with E-state index in [0.29, 0.717) is 39.9 Å². The first-order valence-electron chi connectivity index (χ1n) is 13.4. The summed E-state index contributed by atoms with van der Waals surface area (Å²) in [5.74, 6) is -0.608. The largest absolute Gasteiger partial charge is 0.487 e. The average Bonchev–Trinajstić information content (AvgIpc) is 2.89. The van der Waals surface area contributed by atoms with E-state index in [4.69, 9.17) is 45.3 Å². The summed E-state index contributed by atoms with van der Waals surface area (Å²) in [7, 11) is 0. The van der Waals surface area contributed by atoms with Gasteiger partial charge >= 0.3 is 0 Å². The van der Waals surface area contributed by atoms with Crippen LogP contribution >= 0.6 is 34.8 Å². The lowest BCUT2D eigenvalue weighted by atomic mass is 9.68. The number of nitriles is 1. The molecule has 0 spiro atoms. The highest BCUT2D eigenvalue weighted by Gasteiger charge is 2.45. The van der Waals surface area contributed by atoms with Gasteiger partial charge in [-0.25, -0.2) is 4.39 Å². The Kier molecular flexibility index (Phi) is 8.06. The van der Waals surface area contributed by atoms with Gasteiger partial charge in [0.1, 0.15) is 24.0 Å². The number of hydrogen-bond donors (Lipinski definition) is 1. The lowest BCUT2D eigenvalue weighted by Crippen LogP contribution is -2.42. The van der Waals surface area contributed by atoms with E-state index >= 15 is 0 Å². The average molecular weight is 625 g/mol. The van der Waals surface area contributed by atoms with Gasteiger partial charge in [0.15, 0.2) is 5.78 Å². The number of ether oxygens (including phenoxy) is 1. The van der Waals surface area contributed by atoms with Crippen LogP contribution in [-0.4, -0.2) is 5.78 Å². The number of anilines is 1. The fourth-order valence-corrected chi connectivity index (χ4v) is 6.60. The maximum absolute atomic E-state index is 14.0. The van der Waals surface area contributed by atoms with E-state index in [1.807, 2.05) is 39.8 Å². The van der Waals surface area contributed by atoms with Gasteiger partial charge in [-0.1, -0.05) is 60.8 Å². The molecule has 0 saturated heterocycles. The molecular weight excluding hydrogens is 596 g/mol. The predicted octanol–water partition coefficient (Wildman–Crippen LogP) is 8.92. The lowest BCUT2D eigenvalue weighted by Gasteiger charge is -2.44. The number of aryl methyl sites for hydroxylation is 2. The molecule has 1 atom stereocenters. The number of carbonyl (C=O) groups excluding carboxylic acids is 1. The van der Waals surface area contributed by atoms with Gasteiger partial charge in [-0.05, 0) is 84.3 Å². The molecule has 0 fully saturated rings. The number of ketones is 1. The minimum atomic E-state index is -0.676. The Balaban J connectivity index is 1.67. The molecule has 216 valence electrons. The first-order chi connectivity index (χ1) is 19.8. The molecule has 0 bridgehead atoms. The highest BCUT2D eigenvalue weighted by molar-refractivity contribution is 6.36. The van der Waals surface area contributed by atoms with Crippen LogP contribution in [0.15, 0.2) is 71.2 Å². The predicted molar refractivity (Wildman–Crippen MR) is 165 cm³/mol. The molecule has 0 aromatic heterocycles. The zero-order valence-electron chi connectivity index (χ0n) is 23.6. The van der Waals surface area contributed by atoms with Crippen LogP contribution in [0.2, 0.25) is 15.1 Å². The molecule has 5 nitrogen and oxygen atoms in total. The van der Waals surface area contributed by atoms with Crippen LogP contribution in [0, 0.1) is 36.4 Å². The quantitative estimate of drug-likeness (QED) is 0.307. The van der Waals surface area contributed by atoms with E-state index in [1.54, 1.807) is 23.1 Å². The number of nitrogens with two attached hydrogens (primary N) is 1. The monoisotopic (exact) mass is 623 g/mol. The van der Waals surface area contributed by atoms with Crippen molar-refractivity contribution in [3.05, 3.63) is 114 Å². The zero-order valence-corrected chi connectivity index (χ0v) is 25.9. The molecule has 3 aromatic rings. The SMILES string of the molecule is Cc1cc(C)c(C2C(C#N)=C(N)N(c3ccc(Cl)cc3Cl)C3=C2C(=O)CC(C)(C)C3)cc1COc1ccc(F)cc1Cl. The van der Waals surface area contributed by atoms with Crippen molar-refractivity contribution in [2.45, 2.75) is 53.1 Å². The number of Topliss-reactive ketones (excluding diaryl/α,β-unsaturated/α-hetero) is 1. The van der Waals surface area contributed by atoms with E-state index in [9.17, 15) is 14.4 Å². The normalized spacial score (nSPS) is 18.2. The fraction of sp³-hybridized carbons (Fsp3) is 0.273. The Morgan fingerprint density at radius 1 is 1.05 bits per heavy atom. The fourth-order valence-electron chi connectivity index (χ4n) is 5.89. The van der Waals surface area contributed by atoms with E-state index in [0.717, 1.165) is 28.0 Å². The molecule has 1 aliphatic heterocycles. The van der Waals surface area contributed by atoms with Gasteiger partial charge in [-0.2, -0.15) is 5.26 Å². The molecule has 42 heavy (non-hydrogen) atoms. The standard InChI is InChI=1S/C33H29Cl3FN3O2/c1-17-9-18(2)22(10-19(17)16-42-29-8-6-21(37)12-25(29)36)30-23(15-38)32(39)40(26-7-5-20(34)11-24(26)35)27-13-33(3,4)14-28(41)31(27)30/h5-12,30H,13-14,16,39H2,1-4H3. The first-order valence-corrected chi connectivity index (χ1v) is 14.5. The number of nitrogens with zero attached hydrogens (tertiary/aromatic N) is 2. The Morgan fingerprint density at radius 2 is 1.79 bits per heavy atom. The smallest absolute Gasteiger partial charge is 0.162 e. The number of rotatable bonds is 5. The topological polar surface area (TPSA) is 79.4 Å². The van der Waals surface area contributed by atoms with Crippen LogP contribution in [0.3, 0.4) is 0 Å². The van der Waals surface area contributed by atoms with Crippen molar-refractivity contribution in [3.63, 3.8) is 0 Å². The second kappa shape index (κ2) is 11.3. The van der Waals surface area contributed by atoms with E-state index in [-0.39, 0.29) is 34.2 Å². The summed E-state index contributed by atoms with van der Waals surface area (Å²) in [5.41, 5.74) is 12.0. The summed E-state index contributed by atoms with van der Waals surface area (Å²) in [4.78, 5) is 15.7. The molecular formula is C33H29Cl3FN3O2. The van der Waals surface area contributed by atoms with Crippen molar-refractivity contribution < 1.29 is 13.9 Å². The van der Waals surface area contributed by atoms with Gasteiger partial charge in [0.25, 0.3) is 0 Å². The summed E-state index contributed by atoms with van der Waals surface area (Å²) in [6.07, 6.45) is 0.875. The summed E-state index contributed by atoms with van der Waals surface area (Å²) >= 11 is 19.0. The van der Waals surface area contributed by atoms with Gasteiger partial charge in [-0.15, -0.1) is 0 Å². The van der Waals surface area contributed by atoms with E-state index in [2.05, 4.69) is 6.07 Å². The zero-order chi connectivity index (χ0) is 30.5. The van der Waals surface area contributed by atoms with Crippen molar-refractivity contribution in [1.82, 2.24) is 0 Å². The van der Waals surface area contributed by atoms with Gasteiger partial charge in [0.2, 0.25) is 0 Å². The molecule has 0 saturated carbocycles. The van der Waals surface area contributed by atoms with Gasteiger partial charge in [0.05, 0.1) is 33.3 Å². The Bertz CT molecular complexity index is 1740. The molecule has 1 heterocycles. The minimum absolute atomic E-state index is 0.0440. The van der Waals surface area contributed by atoms with E-state index < -0.39 is 11.7 Å². The number of halogens is 4. The van der Waals surface area contributed by atoms with Crippen molar-refractivity contribution in [3.8, 4) is 11.8 Å². The highest BCUT2D eigenvalue weighted by atomic mass is 35.5. The number of carbonyl (C=O) groups is 1. The maximum atomic E-state index is 14.0. The van der Waals surface area contributed by atoms with Crippen molar-refractivity contribution in [2.24, 2.45) is 11.1 Å². The minimum Gasteiger partial charge on any atom is -0.487 e. The molecule has 9 heteroatoms. The van der Waals surface area contributed by atoms with Crippen molar-refractivity contribution in [1.29, 1.82) is 5.26 Å². The van der Waals surface area contributed by atoms with Crippen LogP contribution in [0.4, 0.5) is 10.1 Å². The molecule has 5 rings (SSSR count). The van der Waals surface area contributed by atoms with Crippen molar-refractivity contribution in [2.75, 3.05) is 4.90 Å². The lowest BCUT2D eigenvalue weighted by molar-refractivity contribution is -0.118. The van der Waals surface area contributed by atoms with Crippen LogP contribution in [-0.2, 0) is 11.4 Å². The summed E-state index contributed by atoms with van der Waals surface area (Å²) in [6, 6.07) is 15.3. The second-order valence-corrected chi connectivity index (χ2v) is 12.8. The molecule has 2 N–H and O–H groups in total. The van der Waals surface area contributed by atoms with Gasteiger partial charge in [-0.3, -0.25) is 9.69 Å². The van der Waals surface area contributed by atoms with Gasteiger partial charge < -0.3 is 10.5 Å². The Labute approximate surface area is 259 Å². The molecule has 3 aromatic carbocycles. The van der Waals surface area contributed by atoms with Gasteiger partial charge in [0, 0.05) is 22.7 Å². The molecule has 0 radical (unpaired) electrons. The van der Waals surface area contributed by atoms with Crippen LogP contribution in [0.1, 0.15) is 54.9 Å².